The molecular formula is C21H32N2O2. The fraction of sp³-hybridized carbons (Fsp3) is 0.667. The molecule has 0 fully saturated rings. The molecule has 0 aliphatic carbocycles. The number of hydrogen-bond donors (Lipinski definition) is 1. The molecule has 0 radical (unpaired) electrons. The highest BCUT2D eigenvalue weighted by Gasteiger charge is 2.27. The Labute approximate surface area is 151 Å². The summed E-state index contributed by atoms with van der Waals surface area (Å²) in [6.45, 7) is 12.9. The van der Waals surface area contributed by atoms with Crippen LogP contribution in [0.1, 0.15) is 69.2 Å². The zero-order valence-corrected chi connectivity index (χ0v) is 16.4. The molecule has 2 aliphatic rings. The van der Waals surface area contributed by atoms with Gasteiger partial charge >= 0.3 is 6.09 Å². The number of anilines is 1. The van der Waals surface area contributed by atoms with Crippen molar-refractivity contribution in [2.45, 2.75) is 71.8 Å². The Morgan fingerprint density at radius 2 is 1.88 bits per heavy atom. The maximum absolute atomic E-state index is 12.5. The van der Waals surface area contributed by atoms with Crippen LogP contribution in [0.4, 0.5) is 10.5 Å². The van der Waals surface area contributed by atoms with Crippen LogP contribution >= 0.6 is 0 Å². The third kappa shape index (κ3) is 3.94. The van der Waals surface area contributed by atoms with Crippen molar-refractivity contribution in [1.82, 2.24) is 4.90 Å². The molecule has 1 aromatic rings. The monoisotopic (exact) mass is 344 g/mol. The summed E-state index contributed by atoms with van der Waals surface area (Å²) in [5.74, 6) is 0.488. The van der Waals surface area contributed by atoms with Crippen molar-refractivity contribution in [2.24, 2.45) is 0 Å². The predicted octanol–water partition coefficient (Wildman–Crippen LogP) is 4.50. The number of nitrogens with zero attached hydrogens (tertiary/aromatic N) is 1. The topological polar surface area (TPSA) is 41.6 Å². The van der Waals surface area contributed by atoms with E-state index in [1.807, 2.05) is 25.7 Å². The standard InChI is InChI=1S/C21H32N2O2/c1-14(2)18-17-9-12-23(20(24)25-21(3,4)5)11-8-15(17)13-16-7-6-10-22-19(16)18/h13-14,22H,6-12H2,1-5H3. The van der Waals surface area contributed by atoms with Crippen LogP contribution < -0.4 is 5.32 Å². The van der Waals surface area contributed by atoms with Crippen LogP contribution in [-0.2, 0) is 24.0 Å². The number of carbonyl (C=O) groups excluding carboxylic acids is 1. The summed E-state index contributed by atoms with van der Waals surface area (Å²) in [7, 11) is 0. The van der Waals surface area contributed by atoms with Crippen molar-refractivity contribution < 1.29 is 9.53 Å². The molecule has 25 heavy (non-hydrogen) atoms. The van der Waals surface area contributed by atoms with Crippen LogP contribution in [0.2, 0.25) is 0 Å². The zero-order chi connectivity index (χ0) is 18.2. The van der Waals surface area contributed by atoms with Crippen molar-refractivity contribution in [3.8, 4) is 0 Å². The fourth-order valence-electron chi connectivity index (χ4n) is 4.04. The number of amides is 1. The lowest BCUT2D eigenvalue weighted by molar-refractivity contribution is 0.0258. The van der Waals surface area contributed by atoms with Crippen LogP contribution in [0.3, 0.4) is 0 Å². The average molecular weight is 344 g/mol. The van der Waals surface area contributed by atoms with Crippen molar-refractivity contribution in [3.05, 3.63) is 28.3 Å². The first kappa shape index (κ1) is 18.1. The van der Waals surface area contributed by atoms with Crippen molar-refractivity contribution in [3.63, 3.8) is 0 Å². The van der Waals surface area contributed by atoms with Gasteiger partial charge in [0.1, 0.15) is 5.60 Å². The van der Waals surface area contributed by atoms with E-state index >= 15 is 0 Å². The molecule has 0 atom stereocenters. The summed E-state index contributed by atoms with van der Waals surface area (Å²) < 4.78 is 5.58. The molecule has 4 nitrogen and oxygen atoms in total. The van der Waals surface area contributed by atoms with Crippen molar-refractivity contribution in [1.29, 1.82) is 0 Å². The Balaban J connectivity index is 1.89. The summed E-state index contributed by atoms with van der Waals surface area (Å²) in [4.78, 5) is 14.4. The molecule has 0 unspecified atom stereocenters. The minimum Gasteiger partial charge on any atom is -0.444 e. The molecule has 2 aliphatic heterocycles. The summed E-state index contributed by atoms with van der Waals surface area (Å²) in [6.07, 6.45) is 4.01. The maximum Gasteiger partial charge on any atom is 0.410 e. The highest BCUT2D eigenvalue weighted by atomic mass is 16.6. The Morgan fingerprint density at radius 1 is 1.16 bits per heavy atom. The molecule has 0 aromatic heterocycles. The first-order valence-corrected chi connectivity index (χ1v) is 9.65. The van der Waals surface area contributed by atoms with Gasteiger partial charge < -0.3 is 15.0 Å². The van der Waals surface area contributed by atoms with E-state index in [2.05, 4.69) is 25.2 Å². The molecule has 4 heteroatoms. The lowest BCUT2D eigenvalue weighted by atomic mass is 9.84. The van der Waals surface area contributed by atoms with Crippen molar-refractivity contribution >= 4 is 11.8 Å². The van der Waals surface area contributed by atoms with E-state index in [4.69, 9.17) is 4.74 Å². The second kappa shape index (κ2) is 6.89. The smallest absolute Gasteiger partial charge is 0.410 e. The zero-order valence-electron chi connectivity index (χ0n) is 16.4. The Hall–Kier alpha value is -1.71. The molecule has 138 valence electrons. The number of rotatable bonds is 1. The molecule has 0 saturated heterocycles. The molecule has 0 bridgehead atoms. The molecule has 0 spiro atoms. The van der Waals surface area contributed by atoms with E-state index in [9.17, 15) is 4.79 Å². The molecule has 1 aromatic carbocycles. The summed E-state index contributed by atoms with van der Waals surface area (Å²) in [6, 6.07) is 2.39. The number of nitrogens with one attached hydrogen (secondary N) is 1. The molecular weight excluding hydrogens is 312 g/mol. The van der Waals surface area contributed by atoms with Gasteiger partial charge in [0, 0.05) is 25.3 Å². The molecule has 2 heterocycles. The Bertz CT molecular complexity index is 659. The van der Waals surface area contributed by atoms with Crippen molar-refractivity contribution in [2.75, 3.05) is 25.0 Å². The van der Waals surface area contributed by atoms with Crippen LogP contribution in [0, 0.1) is 0 Å². The predicted molar refractivity (Wildman–Crippen MR) is 103 cm³/mol. The number of aryl methyl sites for hydroxylation is 1. The van der Waals surface area contributed by atoms with E-state index < -0.39 is 5.60 Å². The molecule has 1 N–H and O–H groups in total. The van der Waals surface area contributed by atoms with Gasteiger partial charge in [-0.05, 0) is 74.6 Å². The SMILES string of the molecule is CC(C)c1c2c(cc3c1NCCC3)CCN(C(=O)OC(C)(C)C)CC2. The van der Waals surface area contributed by atoms with E-state index in [1.54, 1.807) is 0 Å². The summed E-state index contributed by atoms with van der Waals surface area (Å²) in [5.41, 5.74) is 6.73. The van der Waals surface area contributed by atoms with Gasteiger partial charge in [0.2, 0.25) is 0 Å². The van der Waals surface area contributed by atoms with Crippen LogP contribution in [-0.4, -0.2) is 36.2 Å². The number of benzene rings is 1. The van der Waals surface area contributed by atoms with Crippen LogP contribution in [0.5, 0.6) is 0 Å². The van der Waals surface area contributed by atoms with Gasteiger partial charge in [0.15, 0.2) is 0 Å². The number of carbonyl (C=O) groups is 1. The summed E-state index contributed by atoms with van der Waals surface area (Å²) >= 11 is 0. The lowest BCUT2D eigenvalue weighted by Gasteiger charge is -2.27. The average Bonchev–Trinajstić information content (AvgIpc) is 2.73. The maximum atomic E-state index is 12.5. The second-order valence-corrected chi connectivity index (χ2v) is 8.61. The van der Waals surface area contributed by atoms with Gasteiger partial charge in [-0.1, -0.05) is 19.9 Å². The summed E-state index contributed by atoms with van der Waals surface area (Å²) in [5, 5.41) is 3.64. The van der Waals surface area contributed by atoms with Gasteiger partial charge in [0.25, 0.3) is 0 Å². The lowest BCUT2D eigenvalue weighted by Crippen LogP contribution is -2.38. The number of ether oxygens (including phenoxy) is 1. The van der Waals surface area contributed by atoms with E-state index in [-0.39, 0.29) is 6.09 Å². The minimum absolute atomic E-state index is 0.186. The van der Waals surface area contributed by atoms with Gasteiger partial charge in [-0.25, -0.2) is 4.79 Å². The second-order valence-electron chi connectivity index (χ2n) is 8.61. The normalized spacial score (nSPS) is 17.4. The first-order chi connectivity index (χ1) is 11.8. The van der Waals surface area contributed by atoms with Gasteiger partial charge in [0.05, 0.1) is 0 Å². The highest BCUT2D eigenvalue weighted by molar-refractivity contribution is 5.69. The molecule has 1 amide bonds. The quantitative estimate of drug-likeness (QED) is 0.815. The Kier molecular flexibility index (Phi) is 4.99. The molecule has 0 saturated carbocycles. The van der Waals surface area contributed by atoms with Gasteiger partial charge in [-0.2, -0.15) is 0 Å². The van der Waals surface area contributed by atoms with E-state index in [1.165, 1.54) is 34.4 Å². The largest absolute Gasteiger partial charge is 0.444 e. The van der Waals surface area contributed by atoms with Crippen LogP contribution in [0.15, 0.2) is 6.07 Å². The minimum atomic E-state index is -0.442. The Morgan fingerprint density at radius 3 is 2.56 bits per heavy atom. The first-order valence-electron chi connectivity index (χ1n) is 9.65. The van der Waals surface area contributed by atoms with Crippen LogP contribution in [0.25, 0.3) is 0 Å². The molecule has 3 rings (SSSR count). The fourth-order valence-corrected chi connectivity index (χ4v) is 4.04. The third-order valence-electron chi connectivity index (χ3n) is 5.09. The van der Waals surface area contributed by atoms with Gasteiger partial charge in [-0.3, -0.25) is 0 Å². The van der Waals surface area contributed by atoms with E-state index in [0.717, 1.165) is 38.9 Å². The number of fused-ring (bicyclic) bond motifs is 2. The van der Waals surface area contributed by atoms with Gasteiger partial charge in [-0.15, -0.1) is 0 Å². The van der Waals surface area contributed by atoms with E-state index in [0.29, 0.717) is 5.92 Å². The highest BCUT2D eigenvalue weighted by Crippen LogP contribution is 2.37. The number of hydrogen-bond acceptors (Lipinski definition) is 3. The third-order valence-corrected chi connectivity index (χ3v) is 5.09.